The van der Waals surface area contributed by atoms with Crippen molar-refractivity contribution in [3.63, 3.8) is 0 Å². The minimum absolute atomic E-state index is 0.0398. The molecule has 0 saturated carbocycles. The molecule has 0 spiro atoms. The summed E-state index contributed by atoms with van der Waals surface area (Å²) in [5.41, 5.74) is -0.295. The molecule has 132 valence electrons. The van der Waals surface area contributed by atoms with Crippen molar-refractivity contribution in [2.24, 2.45) is 5.92 Å². The quantitative estimate of drug-likeness (QED) is 0.793. The van der Waals surface area contributed by atoms with Crippen LogP contribution in [-0.2, 0) is 15.1 Å². The zero-order valence-corrected chi connectivity index (χ0v) is 14.1. The fraction of sp³-hybridized carbons (Fsp3) is 0.350. The van der Waals surface area contributed by atoms with Gasteiger partial charge in [-0.05, 0) is 42.5 Å². The van der Waals surface area contributed by atoms with Gasteiger partial charge < -0.3 is 19.6 Å². The number of benzene rings is 1. The van der Waals surface area contributed by atoms with Crippen LogP contribution in [0.2, 0.25) is 0 Å². The smallest absolute Gasteiger partial charge is 0.244 e. The Kier molecular flexibility index (Phi) is 5.68. The van der Waals surface area contributed by atoms with Gasteiger partial charge in [0.15, 0.2) is 0 Å². The summed E-state index contributed by atoms with van der Waals surface area (Å²) in [6, 6.07) is 13.1. The summed E-state index contributed by atoms with van der Waals surface area (Å²) in [7, 11) is 0. The van der Waals surface area contributed by atoms with E-state index in [0.717, 1.165) is 18.4 Å². The topological polar surface area (TPSA) is 71.7 Å². The Labute approximate surface area is 147 Å². The van der Waals surface area contributed by atoms with Crippen LogP contribution in [0.15, 0.2) is 59.2 Å². The zero-order chi connectivity index (χ0) is 17.5. The molecule has 25 heavy (non-hydrogen) atoms. The molecule has 0 bridgehead atoms. The van der Waals surface area contributed by atoms with E-state index >= 15 is 0 Å². The minimum atomic E-state index is -1.11. The van der Waals surface area contributed by atoms with Gasteiger partial charge in [-0.25, -0.2) is 0 Å². The van der Waals surface area contributed by atoms with Crippen molar-refractivity contribution in [2.45, 2.75) is 18.4 Å². The maximum Gasteiger partial charge on any atom is 0.244 e. The molecular weight excluding hydrogens is 318 g/mol. The minimum Gasteiger partial charge on any atom is -0.465 e. The first-order valence-electron chi connectivity index (χ1n) is 8.53. The molecule has 5 nitrogen and oxygen atoms in total. The van der Waals surface area contributed by atoms with Crippen LogP contribution >= 0.6 is 0 Å². The molecule has 0 aliphatic carbocycles. The summed E-state index contributed by atoms with van der Waals surface area (Å²) in [5.74, 6) is 0.383. The number of nitrogens with one attached hydrogen (secondary N) is 1. The van der Waals surface area contributed by atoms with Crippen molar-refractivity contribution < 1.29 is 19.1 Å². The molecule has 3 rings (SSSR count). The number of ether oxygens (including phenoxy) is 1. The van der Waals surface area contributed by atoms with E-state index in [4.69, 9.17) is 9.15 Å². The first-order chi connectivity index (χ1) is 12.2. The van der Waals surface area contributed by atoms with Gasteiger partial charge in [-0.1, -0.05) is 30.3 Å². The van der Waals surface area contributed by atoms with Gasteiger partial charge in [0.2, 0.25) is 5.91 Å². The average Bonchev–Trinajstić information content (AvgIpc) is 3.19. The summed E-state index contributed by atoms with van der Waals surface area (Å²) in [6.07, 6.45) is 6.10. The second kappa shape index (κ2) is 8.14. The highest BCUT2D eigenvalue weighted by molar-refractivity contribution is 5.91. The molecule has 2 heterocycles. The molecule has 1 amide bonds. The molecule has 1 saturated heterocycles. The lowest BCUT2D eigenvalue weighted by molar-refractivity contribution is -0.119. The summed E-state index contributed by atoms with van der Waals surface area (Å²) >= 11 is 0. The predicted octanol–water partition coefficient (Wildman–Crippen LogP) is 2.72. The van der Waals surface area contributed by atoms with Crippen LogP contribution in [0.25, 0.3) is 6.08 Å². The largest absolute Gasteiger partial charge is 0.465 e. The van der Waals surface area contributed by atoms with Gasteiger partial charge in [0.1, 0.15) is 11.4 Å². The van der Waals surface area contributed by atoms with E-state index in [0.29, 0.717) is 19.0 Å². The number of hydrogen-bond acceptors (Lipinski definition) is 4. The number of rotatable bonds is 6. The summed E-state index contributed by atoms with van der Waals surface area (Å²) < 4.78 is 10.6. The van der Waals surface area contributed by atoms with Crippen molar-refractivity contribution in [2.75, 3.05) is 19.8 Å². The third-order valence-electron chi connectivity index (χ3n) is 4.64. The molecule has 1 unspecified atom stereocenters. The highest BCUT2D eigenvalue weighted by Crippen LogP contribution is 2.35. The van der Waals surface area contributed by atoms with E-state index in [1.54, 1.807) is 24.5 Å². The van der Waals surface area contributed by atoms with Crippen molar-refractivity contribution in [1.82, 2.24) is 5.32 Å². The Morgan fingerprint density at radius 3 is 2.64 bits per heavy atom. The van der Waals surface area contributed by atoms with Crippen molar-refractivity contribution in [3.05, 3.63) is 66.1 Å². The van der Waals surface area contributed by atoms with Gasteiger partial charge in [0.25, 0.3) is 0 Å². The first kappa shape index (κ1) is 17.5. The number of amides is 1. The van der Waals surface area contributed by atoms with E-state index in [1.165, 1.54) is 6.08 Å². The van der Waals surface area contributed by atoms with E-state index in [9.17, 15) is 9.90 Å². The van der Waals surface area contributed by atoms with Crippen LogP contribution in [-0.4, -0.2) is 30.8 Å². The Bertz CT molecular complexity index is 690. The van der Waals surface area contributed by atoms with Gasteiger partial charge in [-0.2, -0.15) is 0 Å². The third-order valence-corrected chi connectivity index (χ3v) is 4.64. The molecule has 1 atom stereocenters. The molecular formula is C20H23NO4. The van der Waals surface area contributed by atoms with Crippen LogP contribution in [0, 0.1) is 5.92 Å². The van der Waals surface area contributed by atoms with Gasteiger partial charge in [-0.3, -0.25) is 4.79 Å². The number of furan rings is 1. The number of carbonyl (C=O) groups excluding carboxylic acids is 1. The highest BCUT2D eigenvalue weighted by Gasteiger charge is 2.39. The second-order valence-electron chi connectivity index (χ2n) is 6.24. The molecule has 2 aromatic rings. The first-order valence-corrected chi connectivity index (χ1v) is 8.53. The predicted molar refractivity (Wildman–Crippen MR) is 94.6 cm³/mol. The average molecular weight is 341 g/mol. The zero-order valence-electron chi connectivity index (χ0n) is 14.1. The lowest BCUT2D eigenvalue weighted by Gasteiger charge is -2.39. The van der Waals surface area contributed by atoms with Crippen molar-refractivity contribution in [1.29, 1.82) is 0 Å². The fourth-order valence-electron chi connectivity index (χ4n) is 3.21. The number of hydrogen-bond donors (Lipinski definition) is 2. The number of aliphatic hydroxyl groups is 1. The lowest BCUT2D eigenvalue weighted by Crippen LogP contribution is -2.47. The Hall–Kier alpha value is -2.37. The molecule has 1 aromatic carbocycles. The molecule has 2 N–H and O–H groups in total. The monoisotopic (exact) mass is 341 g/mol. The van der Waals surface area contributed by atoms with Crippen LogP contribution in [0.4, 0.5) is 0 Å². The van der Waals surface area contributed by atoms with Gasteiger partial charge in [0.05, 0.1) is 12.8 Å². The second-order valence-corrected chi connectivity index (χ2v) is 6.24. The lowest BCUT2D eigenvalue weighted by atomic mass is 9.77. The summed E-state index contributed by atoms with van der Waals surface area (Å²) in [6.45, 7) is 1.42. The van der Waals surface area contributed by atoms with Gasteiger partial charge >= 0.3 is 0 Å². The van der Waals surface area contributed by atoms with Crippen molar-refractivity contribution in [3.8, 4) is 0 Å². The molecule has 1 fully saturated rings. The fourth-order valence-corrected chi connectivity index (χ4v) is 3.21. The highest BCUT2D eigenvalue weighted by atomic mass is 16.5. The molecule has 1 aliphatic rings. The molecule has 5 heteroatoms. The van der Waals surface area contributed by atoms with Crippen LogP contribution in [0.1, 0.15) is 24.2 Å². The van der Waals surface area contributed by atoms with Gasteiger partial charge in [0, 0.05) is 19.3 Å². The van der Waals surface area contributed by atoms with Crippen LogP contribution in [0.3, 0.4) is 0 Å². The normalized spacial score (nSPS) is 18.1. The van der Waals surface area contributed by atoms with Crippen LogP contribution in [0.5, 0.6) is 0 Å². The maximum absolute atomic E-state index is 12.1. The van der Waals surface area contributed by atoms with E-state index in [2.05, 4.69) is 5.32 Å². The maximum atomic E-state index is 12.1. The Morgan fingerprint density at radius 1 is 1.20 bits per heavy atom. The van der Waals surface area contributed by atoms with Crippen LogP contribution < -0.4 is 5.32 Å². The van der Waals surface area contributed by atoms with E-state index in [-0.39, 0.29) is 18.4 Å². The standard InChI is InChI=1S/C20H23NO4/c22-19(9-8-18-7-4-12-25-18)21-15-20(23,16-5-2-1-3-6-16)17-10-13-24-14-11-17/h1-9,12,17,23H,10-11,13-15H2,(H,21,22)/b9-8+. The Morgan fingerprint density at radius 2 is 1.96 bits per heavy atom. The van der Waals surface area contributed by atoms with E-state index < -0.39 is 5.60 Å². The van der Waals surface area contributed by atoms with Gasteiger partial charge in [-0.15, -0.1) is 0 Å². The molecule has 0 radical (unpaired) electrons. The Balaban J connectivity index is 1.70. The summed E-state index contributed by atoms with van der Waals surface area (Å²) in [5, 5.41) is 14.2. The van der Waals surface area contributed by atoms with Crippen molar-refractivity contribution >= 4 is 12.0 Å². The molecule has 1 aliphatic heterocycles. The van der Waals surface area contributed by atoms with E-state index in [1.807, 2.05) is 30.3 Å². The number of carbonyl (C=O) groups is 1. The third kappa shape index (κ3) is 4.38. The summed E-state index contributed by atoms with van der Waals surface area (Å²) in [4.78, 5) is 12.1. The SMILES string of the molecule is O=C(/C=C/c1ccco1)NCC(O)(c1ccccc1)C1CCOCC1. The molecule has 1 aromatic heterocycles.